The third-order valence-electron chi connectivity index (χ3n) is 17.0. The molecule has 1 unspecified atom stereocenters. The van der Waals surface area contributed by atoms with Crippen LogP contribution in [0.2, 0.25) is 5.02 Å². The first-order valence-corrected chi connectivity index (χ1v) is 20.3. The number of benzene rings is 1. The van der Waals surface area contributed by atoms with Gasteiger partial charge in [-0.1, -0.05) is 70.8 Å². The lowest BCUT2D eigenvalue weighted by atomic mass is 9.33. The highest BCUT2D eigenvalue weighted by Crippen LogP contribution is 2.87. The molecule has 7 rings (SSSR count). The number of nitrogens with one attached hydrogen (secondary N) is 1. The first-order chi connectivity index (χ1) is 24.2. The molecule has 52 heavy (non-hydrogen) atoms. The van der Waals surface area contributed by atoms with E-state index in [1.807, 2.05) is 12.1 Å². The summed E-state index contributed by atoms with van der Waals surface area (Å²) in [6, 6.07) is 7.14. The van der Waals surface area contributed by atoms with Crippen molar-refractivity contribution in [1.29, 1.82) is 0 Å². The van der Waals surface area contributed by atoms with Gasteiger partial charge in [0.15, 0.2) is 5.78 Å². The number of hydrogen-bond acceptors (Lipinski definition) is 5. The number of carbonyl (C=O) groups excluding carboxylic acids is 3. The van der Waals surface area contributed by atoms with Crippen molar-refractivity contribution in [3.63, 3.8) is 0 Å². The molecule has 1 amide bonds. The Hall–Kier alpha value is -2.67. The highest BCUT2D eigenvalue weighted by Gasteiger charge is 2.82. The largest absolute Gasteiger partial charge is 0.481 e. The summed E-state index contributed by atoms with van der Waals surface area (Å²) < 4.78 is 6.20. The molecule has 7 nitrogen and oxygen atoms in total. The maximum absolute atomic E-state index is 14.0. The van der Waals surface area contributed by atoms with Gasteiger partial charge >= 0.3 is 11.9 Å². The number of carboxylic acids is 1. The Bertz CT molecular complexity index is 1750. The Balaban J connectivity index is 1.14. The Kier molecular flexibility index (Phi) is 8.81. The van der Waals surface area contributed by atoms with Crippen LogP contribution in [0.15, 0.2) is 35.4 Å². The van der Waals surface area contributed by atoms with E-state index in [1.165, 1.54) is 5.57 Å². The molecule has 0 saturated heterocycles. The summed E-state index contributed by atoms with van der Waals surface area (Å²) in [5, 5.41) is 13.2. The van der Waals surface area contributed by atoms with Crippen molar-refractivity contribution in [3.8, 4) is 0 Å². The van der Waals surface area contributed by atoms with Crippen molar-refractivity contribution in [1.82, 2.24) is 5.32 Å². The number of Topliss-reactive ketones (excluding diaryl/α,β-unsaturated/α-hetero) is 1. The fourth-order valence-corrected chi connectivity index (χ4v) is 14.1. The van der Waals surface area contributed by atoms with Gasteiger partial charge in [0.25, 0.3) is 5.91 Å². The number of aliphatic carboxylic acids is 1. The summed E-state index contributed by atoms with van der Waals surface area (Å²) in [7, 11) is 0. The van der Waals surface area contributed by atoms with Crippen LogP contribution in [-0.2, 0) is 19.1 Å². The van der Waals surface area contributed by atoms with Gasteiger partial charge in [0, 0.05) is 23.8 Å². The monoisotopic (exact) mass is 733 g/mol. The smallest absolute Gasteiger partial charge is 0.309 e. The molecule has 0 aromatic heterocycles. The van der Waals surface area contributed by atoms with Gasteiger partial charge in [0.2, 0.25) is 0 Å². The minimum Gasteiger partial charge on any atom is -0.481 e. The molecule has 0 radical (unpaired) electrons. The van der Waals surface area contributed by atoms with Crippen molar-refractivity contribution >= 4 is 35.2 Å². The normalized spacial score (nSPS) is 40.6. The quantitative estimate of drug-likeness (QED) is 0.245. The number of fused-ring (bicyclic) bond motifs is 6. The molecule has 2 N–H and O–H groups in total. The predicted molar refractivity (Wildman–Crippen MR) is 202 cm³/mol. The molecule has 1 spiro atoms. The van der Waals surface area contributed by atoms with Crippen LogP contribution in [0, 0.1) is 55.7 Å². The molecule has 0 bridgehead atoms. The van der Waals surface area contributed by atoms with Crippen LogP contribution < -0.4 is 5.32 Å². The van der Waals surface area contributed by atoms with Crippen LogP contribution in [-0.4, -0.2) is 41.4 Å². The van der Waals surface area contributed by atoms with Crippen molar-refractivity contribution in [2.45, 2.75) is 139 Å². The highest BCUT2D eigenvalue weighted by molar-refractivity contribution is 6.33. The van der Waals surface area contributed by atoms with E-state index in [0.29, 0.717) is 41.2 Å². The molecule has 1 aromatic rings. The lowest BCUT2D eigenvalue weighted by Crippen LogP contribution is -2.64. The van der Waals surface area contributed by atoms with E-state index in [4.69, 9.17) is 16.3 Å². The van der Waals surface area contributed by atoms with E-state index < -0.39 is 17.4 Å². The molecular formula is C44H60ClNO6. The first kappa shape index (κ1) is 37.6. The van der Waals surface area contributed by atoms with Crippen LogP contribution in [0.3, 0.4) is 0 Å². The molecule has 0 aliphatic heterocycles. The minimum absolute atomic E-state index is 0.0436. The maximum atomic E-state index is 14.0. The van der Waals surface area contributed by atoms with E-state index in [1.54, 1.807) is 26.0 Å². The number of allylic oxidation sites excluding steroid dienone is 2. The number of ketones is 1. The van der Waals surface area contributed by atoms with Gasteiger partial charge in [0.1, 0.15) is 6.10 Å². The van der Waals surface area contributed by atoms with E-state index in [9.17, 15) is 24.3 Å². The number of carbonyl (C=O) groups is 4. The fraction of sp³-hybridized carbons (Fsp3) is 0.727. The molecule has 284 valence electrons. The Morgan fingerprint density at radius 3 is 2.31 bits per heavy atom. The number of carboxylic acid groups (broad SMARTS) is 1. The van der Waals surface area contributed by atoms with Gasteiger partial charge in [-0.25, -0.2) is 0 Å². The second-order valence-electron chi connectivity index (χ2n) is 19.8. The minimum atomic E-state index is -1.15. The van der Waals surface area contributed by atoms with Gasteiger partial charge < -0.3 is 15.2 Å². The zero-order valence-electron chi connectivity index (χ0n) is 32.7. The van der Waals surface area contributed by atoms with Crippen LogP contribution in [0.5, 0.6) is 0 Å². The van der Waals surface area contributed by atoms with Gasteiger partial charge in [-0.05, 0) is 135 Å². The highest BCUT2D eigenvalue weighted by atomic mass is 35.5. The van der Waals surface area contributed by atoms with Gasteiger partial charge in [-0.2, -0.15) is 0 Å². The molecule has 0 heterocycles. The standard InChI is InChI=1S/C44H60ClNO6/c1-26(2)34-30(47)23-43(21-22-46-36(49)27-11-9-10-12-29(27)45)19-17-39(5)28(35(34)43)13-14-31-40(39,6)18-20-44-25-42(44,8)32(15-16-41(31,44)7)52-33(48)24-38(3,4)37(50)51/h9-12,26,28,31-32H,13-25H2,1-8H3,(H,46,49)(H,50,51)/t28-,31+,32+,39-,40-,41-,42?,43-,44+/m1/s1. The number of hydrogen-bond donors (Lipinski definition) is 2. The number of esters is 1. The number of rotatable bonds is 9. The summed E-state index contributed by atoms with van der Waals surface area (Å²) in [5.74, 6) is -0.211. The van der Waals surface area contributed by atoms with Crippen LogP contribution in [0.4, 0.5) is 0 Å². The topological polar surface area (TPSA) is 110 Å². The fourth-order valence-electron chi connectivity index (χ4n) is 13.8. The maximum Gasteiger partial charge on any atom is 0.309 e. The molecule has 5 fully saturated rings. The third-order valence-corrected chi connectivity index (χ3v) is 17.3. The van der Waals surface area contributed by atoms with Gasteiger partial charge in [-0.15, -0.1) is 0 Å². The summed E-state index contributed by atoms with van der Waals surface area (Å²) in [4.78, 5) is 52.0. The van der Waals surface area contributed by atoms with Gasteiger partial charge in [0.05, 0.1) is 22.4 Å². The second kappa shape index (κ2) is 12.2. The van der Waals surface area contributed by atoms with Crippen molar-refractivity contribution in [3.05, 3.63) is 46.0 Å². The van der Waals surface area contributed by atoms with Crippen LogP contribution >= 0.6 is 11.6 Å². The zero-order valence-corrected chi connectivity index (χ0v) is 33.4. The summed E-state index contributed by atoms with van der Waals surface area (Å²) in [5.41, 5.74) is 1.88. The predicted octanol–water partition coefficient (Wildman–Crippen LogP) is 9.61. The first-order valence-electron chi connectivity index (χ1n) is 20.0. The Morgan fingerprint density at radius 1 is 0.942 bits per heavy atom. The van der Waals surface area contributed by atoms with E-state index in [-0.39, 0.29) is 56.8 Å². The lowest BCUT2D eigenvalue weighted by molar-refractivity contribution is -0.218. The van der Waals surface area contributed by atoms with Crippen LogP contribution in [0.1, 0.15) is 143 Å². The number of amides is 1. The average molecular weight is 734 g/mol. The summed E-state index contributed by atoms with van der Waals surface area (Å²) in [6.07, 6.45) is 10.4. The Labute approximate surface area is 315 Å². The van der Waals surface area contributed by atoms with Crippen LogP contribution in [0.25, 0.3) is 0 Å². The Morgan fingerprint density at radius 2 is 1.63 bits per heavy atom. The lowest BCUT2D eigenvalue weighted by Gasteiger charge is -2.71. The van der Waals surface area contributed by atoms with Gasteiger partial charge in [-0.3, -0.25) is 19.2 Å². The molecule has 1 aromatic carbocycles. The van der Waals surface area contributed by atoms with E-state index >= 15 is 0 Å². The van der Waals surface area contributed by atoms with Crippen molar-refractivity contribution in [2.24, 2.45) is 55.7 Å². The number of halogens is 1. The van der Waals surface area contributed by atoms with E-state index in [2.05, 4.69) is 46.9 Å². The third kappa shape index (κ3) is 5.09. The molecule has 5 saturated carbocycles. The molecule has 6 aliphatic carbocycles. The molecule has 9 atom stereocenters. The van der Waals surface area contributed by atoms with Crippen molar-refractivity contribution in [2.75, 3.05) is 6.54 Å². The summed E-state index contributed by atoms with van der Waals surface area (Å²) in [6.45, 7) is 18.1. The SMILES string of the molecule is CC(C)C1=C2[C@H]3CC[C@@H]4[C@@]5(C)CC[C@H](OC(=O)CC(C)(C)C(=O)O)C6(C)C[C@]65CC[C@@]4(C)[C@]3(C)CC[C@@]2(CCNC(=O)c2ccccc2Cl)CC1=O. The average Bonchev–Trinajstić information content (AvgIpc) is 3.59. The van der Waals surface area contributed by atoms with E-state index in [0.717, 1.165) is 69.8 Å². The zero-order chi connectivity index (χ0) is 37.9. The molecule has 8 heteroatoms. The number of ether oxygens (including phenoxy) is 1. The molecular weight excluding hydrogens is 674 g/mol. The molecule has 6 aliphatic rings. The second-order valence-corrected chi connectivity index (χ2v) is 20.2. The summed E-state index contributed by atoms with van der Waals surface area (Å²) >= 11 is 6.35. The van der Waals surface area contributed by atoms with Crippen molar-refractivity contribution < 1.29 is 29.0 Å².